The molecule has 0 amide bonds. The molecule has 1 atom stereocenters. The summed E-state index contributed by atoms with van der Waals surface area (Å²) in [6.07, 6.45) is 0.573. The number of aliphatic hydroxyl groups excluding tert-OH is 1. The number of hydrogen-bond donors (Lipinski definition) is 2. The van der Waals surface area contributed by atoms with Crippen molar-refractivity contribution < 1.29 is 14.6 Å². The van der Waals surface area contributed by atoms with E-state index < -0.39 is 6.10 Å². The van der Waals surface area contributed by atoms with Gasteiger partial charge in [-0.05, 0) is 27.2 Å². The van der Waals surface area contributed by atoms with Gasteiger partial charge >= 0.3 is 0 Å². The third-order valence-corrected chi connectivity index (χ3v) is 1.90. The van der Waals surface area contributed by atoms with E-state index in [0.717, 1.165) is 13.0 Å². The van der Waals surface area contributed by atoms with E-state index in [4.69, 9.17) is 9.47 Å². The van der Waals surface area contributed by atoms with Gasteiger partial charge in [0.25, 0.3) is 0 Å². The molecule has 0 aliphatic heterocycles. The predicted octanol–water partition coefficient (Wildman–Crippen LogP) is 1.18. The summed E-state index contributed by atoms with van der Waals surface area (Å²) in [6.45, 7) is 11.1. The quantitative estimate of drug-likeness (QED) is 0.587. The van der Waals surface area contributed by atoms with E-state index in [1.807, 2.05) is 0 Å². The molecule has 16 heavy (non-hydrogen) atoms. The number of β-amino-alcohol motifs (C(OH)–C–C–N with tert-alkyl or cyclic N) is 1. The van der Waals surface area contributed by atoms with E-state index in [1.165, 1.54) is 0 Å². The van der Waals surface area contributed by atoms with Gasteiger partial charge in [-0.15, -0.1) is 0 Å². The van der Waals surface area contributed by atoms with Crippen molar-refractivity contribution in [3.8, 4) is 0 Å². The minimum atomic E-state index is -0.453. The van der Waals surface area contributed by atoms with Crippen LogP contribution in [0.15, 0.2) is 0 Å². The monoisotopic (exact) mass is 233 g/mol. The molecule has 0 saturated carbocycles. The second kappa shape index (κ2) is 8.93. The highest BCUT2D eigenvalue weighted by molar-refractivity contribution is 4.72. The van der Waals surface area contributed by atoms with Crippen LogP contribution in [-0.2, 0) is 9.47 Å². The van der Waals surface area contributed by atoms with Crippen molar-refractivity contribution in [3.63, 3.8) is 0 Å². The summed E-state index contributed by atoms with van der Waals surface area (Å²) in [5, 5.41) is 12.8. The molecule has 0 spiro atoms. The van der Waals surface area contributed by atoms with Crippen molar-refractivity contribution in [1.82, 2.24) is 5.32 Å². The Kier molecular flexibility index (Phi) is 8.84. The van der Waals surface area contributed by atoms with Crippen molar-refractivity contribution >= 4 is 0 Å². The lowest BCUT2D eigenvalue weighted by Crippen LogP contribution is -2.42. The van der Waals surface area contributed by atoms with Crippen LogP contribution >= 0.6 is 0 Å². The lowest BCUT2D eigenvalue weighted by atomic mass is 10.1. The molecule has 4 nitrogen and oxygen atoms in total. The van der Waals surface area contributed by atoms with E-state index in [1.54, 1.807) is 0 Å². The molecule has 0 aromatic rings. The molecule has 0 bridgehead atoms. The molecule has 2 N–H and O–H groups in total. The van der Waals surface area contributed by atoms with Crippen LogP contribution in [0.5, 0.6) is 0 Å². The van der Waals surface area contributed by atoms with E-state index in [9.17, 15) is 5.11 Å². The third-order valence-electron chi connectivity index (χ3n) is 1.90. The van der Waals surface area contributed by atoms with Gasteiger partial charge in [-0.25, -0.2) is 0 Å². The highest BCUT2D eigenvalue weighted by Crippen LogP contribution is 1.98. The van der Waals surface area contributed by atoms with Crippen LogP contribution in [-0.4, -0.2) is 49.7 Å². The van der Waals surface area contributed by atoms with E-state index in [-0.39, 0.29) is 5.54 Å². The Morgan fingerprint density at radius 2 is 1.75 bits per heavy atom. The summed E-state index contributed by atoms with van der Waals surface area (Å²) in [5.41, 5.74) is 0.0330. The molecule has 0 aromatic carbocycles. The summed E-state index contributed by atoms with van der Waals surface area (Å²) in [6, 6.07) is 0. The van der Waals surface area contributed by atoms with Crippen molar-refractivity contribution in [2.75, 3.05) is 33.0 Å². The fraction of sp³-hybridized carbons (Fsp3) is 1.00. The molecule has 0 aromatic heterocycles. The first kappa shape index (κ1) is 15.8. The Morgan fingerprint density at radius 3 is 2.31 bits per heavy atom. The van der Waals surface area contributed by atoms with Crippen molar-refractivity contribution in [1.29, 1.82) is 0 Å². The molecule has 98 valence electrons. The molecule has 1 unspecified atom stereocenters. The fourth-order valence-corrected chi connectivity index (χ4v) is 1.07. The highest BCUT2D eigenvalue weighted by atomic mass is 16.5. The van der Waals surface area contributed by atoms with Gasteiger partial charge in [0.15, 0.2) is 0 Å². The van der Waals surface area contributed by atoms with Crippen LogP contribution in [0.4, 0.5) is 0 Å². The first-order valence-corrected chi connectivity index (χ1v) is 6.04. The van der Waals surface area contributed by atoms with Crippen molar-refractivity contribution in [2.24, 2.45) is 0 Å². The number of aliphatic hydroxyl groups is 1. The minimum Gasteiger partial charge on any atom is -0.389 e. The van der Waals surface area contributed by atoms with Crippen LogP contribution in [0.1, 0.15) is 34.1 Å². The Bertz CT molecular complexity index is 157. The fourth-order valence-electron chi connectivity index (χ4n) is 1.07. The number of hydrogen-bond acceptors (Lipinski definition) is 4. The van der Waals surface area contributed by atoms with Gasteiger partial charge in [0.05, 0.1) is 25.9 Å². The van der Waals surface area contributed by atoms with Gasteiger partial charge in [-0.2, -0.15) is 0 Å². The van der Waals surface area contributed by atoms with Crippen LogP contribution < -0.4 is 5.32 Å². The molecular weight excluding hydrogens is 206 g/mol. The number of nitrogens with one attached hydrogen (secondary N) is 1. The maximum atomic E-state index is 9.59. The maximum Gasteiger partial charge on any atom is 0.0897 e. The van der Waals surface area contributed by atoms with Crippen LogP contribution in [0.2, 0.25) is 0 Å². The van der Waals surface area contributed by atoms with Gasteiger partial charge in [0, 0.05) is 18.7 Å². The molecule has 0 saturated heterocycles. The van der Waals surface area contributed by atoms with Crippen LogP contribution in [0.3, 0.4) is 0 Å². The lowest BCUT2D eigenvalue weighted by molar-refractivity contribution is 0.00287. The summed E-state index contributed by atoms with van der Waals surface area (Å²) >= 11 is 0. The molecule has 0 aliphatic rings. The van der Waals surface area contributed by atoms with Gasteiger partial charge in [-0.3, -0.25) is 0 Å². The summed E-state index contributed by atoms with van der Waals surface area (Å²) in [5.74, 6) is 0. The summed E-state index contributed by atoms with van der Waals surface area (Å²) in [4.78, 5) is 0. The number of rotatable bonds is 9. The van der Waals surface area contributed by atoms with Crippen molar-refractivity contribution in [2.45, 2.75) is 45.8 Å². The Morgan fingerprint density at radius 1 is 1.12 bits per heavy atom. The molecular formula is C12H27NO3. The molecule has 4 heteroatoms. The summed E-state index contributed by atoms with van der Waals surface area (Å²) < 4.78 is 10.5. The Balaban J connectivity index is 3.27. The zero-order chi connectivity index (χ0) is 12.4. The van der Waals surface area contributed by atoms with Crippen molar-refractivity contribution in [3.05, 3.63) is 0 Å². The van der Waals surface area contributed by atoms with E-state index in [2.05, 4.69) is 33.0 Å². The normalized spacial score (nSPS) is 14.1. The average Bonchev–Trinajstić information content (AvgIpc) is 2.19. The van der Waals surface area contributed by atoms with E-state index in [0.29, 0.717) is 26.4 Å². The highest BCUT2D eigenvalue weighted by Gasteiger charge is 2.11. The molecule has 0 fully saturated rings. The molecule has 0 heterocycles. The van der Waals surface area contributed by atoms with Crippen LogP contribution in [0.25, 0.3) is 0 Å². The van der Waals surface area contributed by atoms with Crippen LogP contribution in [0, 0.1) is 0 Å². The maximum absolute atomic E-state index is 9.59. The zero-order valence-electron chi connectivity index (χ0n) is 11.1. The first-order chi connectivity index (χ1) is 7.45. The third kappa shape index (κ3) is 11.9. The average molecular weight is 233 g/mol. The second-order valence-electron chi connectivity index (χ2n) is 4.97. The number of ether oxygens (including phenoxy) is 2. The predicted molar refractivity (Wildman–Crippen MR) is 65.7 cm³/mol. The largest absolute Gasteiger partial charge is 0.389 e. The second-order valence-corrected chi connectivity index (χ2v) is 4.97. The lowest BCUT2D eigenvalue weighted by Gasteiger charge is -2.22. The standard InChI is InChI=1S/C12H27NO3/c1-5-6-15-7-8-16-10-11(14)9-13-12(2,3)4/h11,13-14H,5-10H2,1-4H3. The van der Waals surface area contributed by atoms with Gasteiger partial charge in [-0.1, -0.05) is 6.92 Å². The van der Waals surface area contributed by atoms with Gasteiger partial charge in [0.1, 0.15) is 0 Å². The smallest absolute Gasteiger partial charge is 0.0897 e. The molecule has 0 aliphatic carbocycles. The molecule has 0 rings (SSSR count). The Labute approximate surface area is 99.3 Å². The topological polar surface area (TPSA) is 50.7 Å². The summed E-state index contributed by atoms with van der Waals surface area (Å²) in [7, 11) is 0. The van der Waals surface area contributed by atoms with Gasteiger partial charge < -0.3 is 19.9 Å². The van der Waals surface area contributed by atoms with Gasteiger partial charge in [0.2, 0.25) is 0 Å². The molecule has 0 radical (unpaired) electrons. The van der Waals surface area contributed by atoms with E-state index >= 15 is 0 Å². The first-order valence-electron chi connectivity index (χ1n) is 6.04. The minimum absolute atomic E-state index is 0.0330. The Hall–Kier alpha value is -0.160. The SMILES string of the molecule is CCCOCCOCC(O)CNC(C)(C)C. The zero-order valence-corrected chi connectivity index (χ0v) is 11.1.